The Labute approximate surface area is 169 Å². The van der Waals surface area contributed by atoms with Crippen LogP contribution in [0, 0.1) is 11.3 Å². The molecule has 3 rings (SSSR count). The van der Waals surface area contributed by atoms with Crippen molar-refractivity contribution in [3.8, 4) is 17.3 Å². The third-order valence-corrected chi connectivity index (χ3v) is 5.72. The Morgan fingerprint density at radius 1 is 1.28 bits per heavy atom. The minimum atomic E-state index is -4.84. The smallest absolute Gasteiger partial charge is 0.342 e. The molecule has 6 nitrogen and oxygen atoms in total. The molecule has 2 heterocycles. The molecule has 0 radical (unpaired) electrons. The minimum absolute atomic E-state index is 0.348. The van der Waals surface area contributed by atoms with Crippen molar-refractivity contribution in [2.24, 2.45) is 7.05 Å². The standard InChI is InChI=1S/C18H14ClF3N4O2S/c1-26-16-5-13(19)2-3-14(16)15(6-23)17(26)12-4-11(7-24-9-12)8-25-29(27,28)10-18(20,21)22/h2-5,7,9,25H,8,10H2,1H3. The van der Waals surface area contributed by atoms with Crippen LogP contribution < -0.4 is 4.72 Å². The summed E-state index contributed by atoms with van der Waals surface area (Å²) in [7, 11) is -2.79. The van der Waals surface area contributed by atoms with E-state index in [1.54, 1.807) is 35.9 Å². The van der Waals surface area contributed by atoms with Crippen LogP contribution in [-0.4, -0.2) is 29.9 Å². The first-order chi connectivity index (χ1) is 13.5. The van der Waals surface area contributed by atoms with Crippen LogP contribution in [0.25, 0.3) is 22.2 Å². The number of aromatic nitrogens is 2. The lowest BCUT2D eigenvalue weighted by Crippen LogP contribution is -2.33. The fourth-order valence-electron chi connectivity index (χ4n) is 3.03. The van der Waals surface area contributed by atoms with E-state index in [1.165, 1.54) is 12.4 Å². The first-order valence-corrected chi connectivity index (χ1v) is 10.2. The molecular weight excluding hydrogens is 429 g/mol. The molecule has 0 amide bonds. The largest absolute Gasteiger partial charge is 0.404 e. The lowest BCUT2D eigenvalue weighted by Gasteiger charge is -2.10. The monoisotopic (exact) mass is 442 g/mol. The number of alkyl halides is 3. The summed E-state index contributed by atoms with van der Waals surface area (Å²) in [5.41, 5.74) is 2.51. The molecule has 0 saturated heterocycles. The van der Waals surface area contributed by atoms with E-state index in [0.29, 0.717) is 32.8 Å². The Balaban J connectivity index is 1.97. The van der Waals surface area contributed by atoms with Crippen LogP contribution in [-0.2, 0) is 23.6 Å². The first-order valence-electron chi connectivity index (χ1n) is 8.17. The number of sulfonamides is 1. The van der Waals surface area contributed by atoms with Gasteiger partial charge in [0.2, 0.25) is 10.0 Å². The van der Waals surface area contributed by atoms with E-state index in [0.717, 1.165) is 5.52 Å². The molecule has 0 aliphatic carbocycles. The van der Waals surface area contributed by atoms with Crippen molar-refractivity contribution in [3.63, 3.8) is 0 Å². The molecule has 0 aliphatic rings. The topological polar surface area (TPSA) is 87.8 Å². The Morgan fingerprint density at radius 3 is 2.66 bits per heavy atom. The van der Waals surface area contributed by atoms with Crippen molar-refractivity contribution in [2.75, 3.05) is 5.75 Å². The molecule has 1 N–H and O–H groups in total. The van der Waals surface area contributed by atoms with Gasteiger partial charge < -0.3 is 4.57 Å². The second-order valence-corrected chi connectivity index (χ2v) is 8.58. The number of pyridine rings is 1. The van der Waals surface area contributed by atoms with Gasteiger partial charge >= 0.3 is 6.18 Å². The first kappa shape index (κ1) is 21.1. The molecule has 0 aliphatic heterocycles. The van der Waals surface area contributed by atoms with E-state index in [1.807, 2.05) is 4.72 Å². The predicted molar refractivity (Wildman–Crippen MR) is 103 cm³/mol. The molecule has 0 spiro atoms. The van der Waals surface area contributed by atoms with Crippen LogP contribution in [0.1, 0.15) is 11.1 Å². The molecule has 0 fully saturated rings. The Bertz CT molecular complexity index is 1230. The van der Waals surface area contributed by atoms with E-state index in [-0.39, 0.29) is 6.54 Å². The van der Waals surface area contributed by atoms with Crippen LogP contribution in [0.3, 0.4) is 0 Å². The number of nitrogens with one attached hydrogen (secondary N) is 1. The Morgan fingerprint density at radius 2 is 2.00 bits per heavy atom. The molecule has 3 aromatic rings. The highest BCUT2D eigenvalue weighted by atomic mass is 35.5. The van der Waals surface area contributed by atoms with Crippen molar-refractivity contribution in [3.05, 3.63) is 52.8 Å². The van der Waals surface area contributed by atoms with Crippen LogP contribution >= 0.6 is 11.6 Å². The summed E-state index contributed by atoms with van der Waals surface area (Å²) in [5, 5.41) is 10.8. The van der Waals surface area contributed by atoms with Gasteiger partial charge in [0.15, 0.2) is 5.75 Å². The van der Waals surface area contributed by atoms with Crippen LogP contribution in [0.15, 0.2) is 36.7 Å². The fraction of sp³-hybridized carbons (Fsp3) is 0.222. The quantitative estimate of drug-likeness (QED) is 0.652. The van der Waals surface area contributed by atoms with Gasteiger partial charge in [-0.05, 0) is 29.8 Å². The van der Waals surface area contributed by atoms with Crippen molar-refractivity contribution in [1.82, 2.24) is 14.3 Å². The normalized spacial score (nSPS) is 12.3. The zero-order chi connectivity index (χ0) is 21.4. The zero-order valence-corrected chi connectivity index (χ0v) is 16.5. The molecule has 0 atom stereocenters. The average molecular weight is 443 g/mol. The summed E-state index contributed by atoms with van der Waals surface area (Å²) >= 11 is 6.04. The van der Waals surface area contributed by atoms with E-state index >= 15 is 0 Å². The van der Waals surface area contributed by atoms with Gasteiger partial charge in [-0.2, -0.15) is 18.4 Å². The summed E-state index contributed by atoms with van der Waals surface area (Å²) in [6, 6.07) is 8.82. The summed E-state index contributed by atoms with van der Waals surface area (Å²) in [6.07, 6.45) is -2.01. The maximum atomic E-state index is 12.3. The molecule has 11 heteroatoms. The molecule has 0 unspecified atom stereocenters. The average Bonchev–Trinajstić information content (AvgIpc) is 2.90. The molecule has 29 heavy (non-hydrogen) atoms. The van der Waals surface area contributed by atoms with Crippen LogP contribution in [0.2, 0.25) is 5.02 Å². The lowest BCUT2D eigenvalue weighted by atomic mass is 10.1. The van der Waals surface area contributed by atoms with E-state index in [2.05, 4.69) is 11.1 Å². The number of hydrogen-bond acceptors (Lipinski definition) is 4. The number of nitrogens with zero attached hydrogens (tertiary/aromatic N) is 3. The number of rotatable bonds is 5. The maximum Gasteiger partial charge on any atom is 0.404 e. The summed E-state index contributed by atoms with van der Waals surface area (Å²) < 4.78 is 63.8. The SMILES string of the molecule is Cn1c(-c2cncc(CNS(=O)(=O)CC(F)(F)F)c2)c(C#N)c2ccc(Cl)cc21. The summed E-state index contributed by atoms with van der Waals surface area (Å²) in [4.78, 5) is 4.03. The third kappa shape index (κ3) is 4.70. The number of fused-ring (bicyclic) bond motifs is 1. The van der Waals surface area contributed by atoms with Crippen molar-refractivity contribution in [2.45, 2.75) is 12.7 Å². The highest BCUT2D eigenvalue weighted by Gasteiger charge is 2.34. The Hall–Kier alpha value is -2.61. The van der Waals surface area contributed by atoms with Gasteiger partial charge in [0.05, 0.1) is 16.8 Å². The molecule has 0 bridgehead atoms. The van der Waals surface area contributed by atoms with Gasteiger partial charge in [-0.1, -0.05) is 11.6 Å². The van der Waals surface area contributed by atoms with Crippen molar-refractivity contribution in [1.29, 1.82) is 5.26 Å². The fourth-order valence-corrected chi connectivity index (χ4v) is 4.12. The van der Waals surface area contributed by atoms with Crippen molar-refractivity contribution >= 4 is 32.5 Å². The lowest BCUT2D eigenvalue weighted by molar-refractivity contribution is -0.106. The number of nitriles is 1. The second kappa shape index (κ2) is 7.67. The summed E-state index contributed by atoms with van der Waals surface area (Å²) in [6.45, 7) is -0.364. The Kier molecular flexibility index (Phi) is 5.58. The second-order valence-electron chi connectivity index (χ2n) is 6.33. The molecule has 2 aromatic heterocycles. The van der Waals surface area contributed by atoms with E-state index < -0.39 is 22.0 Å². The van der Waals surface area contributed by atoms with Gasteiger partial charge in [-0.25, -0.2) is 13.1 Å². The van der Waals surface area contributed by atoms with Crippen LogP contribution in [0.5, 0.6) is 0 Å². The summed E-state index contributed by atoms with van der Waals surface area (Å²) in [5.74, 6) is -1.96. The maximum absolute atomic E-state index is 12.3. The van der Waals surface area contributed by atoms with Crippen molar-refractivity contribution < 1.29 is 21.6 Å². The number of hydrogen-bond donors (Lipinski definition) is 1. The van der Waals surface area contributed by atoms with E-state index in [4.69, 9.17) is 11.6 Å². The minimum Gasteiger partial charge on any atom is -0.342 e. The van der Waals surface area contributed by atoms with Crippen LogP contribution in [0.4, 0.5) is 13.2 Å². The van der Waals surface area contributed by atoms with Gasteiger partial charge in [-0.15, -0.1) is 0 Å². The molecular formula is C18H14ClF3N4O2S. The highest BCUT2D eigenvalue weighted by Crippen LogP contribution is 2.33. The molecule has 0 saturated carbocycles. The zero-order valence-electron chi connectivity index (χ0n) is 15.0. The van der Waals surface area contributed by atoms with Gasteiger partial charge in [0.25, 0.3) is 0 Å². The number of halogens is 4. The van der Waals surface area contributed by atoms with E-state index in [9.17, 15) is 26.9 Å². The van der Waals surface area contributed by atoms with Gasteiger partial charge in [-0.3, -0.25) is 4.98 Å². The van der Waals surface area contributed by atoms with Gasteiger partial charge in [0.1, 0.15) is 6.07 Å². The predicted octanol–water partition coefficient (Wildman–Crippen LogP) is 3.75. The molecule has 152 valence electrons. The van der Waals surface area contributed by atoms with Gasteiger partial charge in [0, 0.05) is 42.0 Å². The highest BCUT2D eigenvalue weighted by molar-refractivity contribution is 7.89. The number of aryl methyl sites for hydroxylation is 1. The third-order valence-electron chi connectivity index (χ3n) is 4.19. The molecule has 1 aromatic carbocycles. The number of benzene rings is 1.